The average Bonchev–Trinajstić information content (AvgIpc) is 2.58. The van der Waals surface area contributed by atoms with Gasteiger partial charge in [0.05, 0.1) is 5.10 Å². The van der Waals surface area contributed by atoms with E-state index in [1.807, 2.05) is 27.7 Å². The van der Waals surface area contributed by atoms with Crippen LogP contribution in [0.4, 0.5) is 4.39 Å². The van der Waals surface area contributed by atoms with Crippen LogP contribution >= 0.6 is 0 Å². The van der Waals surface area contributed by atoms with Crippen LogP contribution in [0.3, 0.4) is 0 Å². The second-order valence-electron chi connectivity index (χ2n) is 8.14. The van der Waals surface area contributed by atoms with Crippen LogP contribution < -0.4 is 0 Å². The summed E-state index contributed by atoms with van der Waals surface area (Å²) in [5, 5.41) is 16.0. The molecule has 0 radical (unpaired) electrons. The highest BCUT2D eigenvalue weighted by atomic mass is 19.1. The van der Waals surface area contributed by atoms with Crippen molar-refractivity contribution in [2.45, 2.75) is 70.9 Å². The van der Waals surface area contributed by atoms with Gasteiger partial charge >= 0.3 is 0 Å². The first kappa shape index (κ1) is 19.5. The summed E-state index contributed by atoms with van der Waals surface area (Å²) in [5.74, 6) is -0.214. The van der Waals surface area contributed by atoms with Crippen LogP contribution in [0, 0.1) is 18.4 Å². The van der Waals surface area contributed by atoms with Crippen LogP contribution in [-0.4, -0.2) is 32.0 Å². The molecule has 2 heterocycles. The van der Waals surface area contributed by atoms with Gasteiger partial charge in [0.25, 0.3) is 0 Å². The van der Waals surface area contributed by atoms with Crippen molar-refractivity contribution in [3.05, 3.63) is 41.4 Å². The van der Waals surface area contributed by atoms with Crippen LogP contribution in [0.15, 0.2) is 23.3 Å². The molecule has 136 valence electrons. The van der Waals surface area contributed by atoms with Gasteiger partial charge in [-0.25, -0.2) is 4.98 Å². The summed E-state index contributed by atoms with van der Waals surface area (Å²) in [7, 11) is 0. The third kappa shape index (κ3) is 5.07. The first-order valence-corrected chi connectivity index (χ1v) is 8.67. The maximum absolute atomic E-state index is 13.3. The third-order valence-electron chi connectivity index (χ3n) is 4.97. The van der Waals surface area contributed by atoms with E-state index in [1.54, 1.807) is 12.1 Å². The van der Waals surface area contributed by atoms with Crippen molar-refractivity contribution in [1.82, 2.24) is 10.0 Å². The fraction of sp³-hybridized carbons (Fsp3) is 0.632. The van der Waals surface area contributed by atoms with Gasteiger partial charge in [0.15, 0.2) is 0 Å². The lowest BCUT2D eigenvalue weighted by molar-refractivity contribution is -0.221. The topological polar surface area (TPSA) is 53.1 Å². The molecule has 0 saturated carbocycles. The van der Waals surface area contributed by atoms with Gasteiger partial charge in [0.1, 0.15) is 5.71 Å². The van der Waals surface area contributed by atoms with Crippen LogP contribution in [-0.2, 0) is 6.42 Å². The van der Waals surface area contributed by atoms with Crippen molar-refractivity contribution in [3.63, 3.8) is 0 Å². The molecule has 1 aromatic rings. The van der Waals surface area contributed by atoms with Gasteiger partial charge in [-0.1, -0.05) is 6.07 Å². The Balaban J connectivity index is 2.14. The summed E-state index contributed by atoms with van der Waals surface area (Å²) in [6.07, 6.45) is 3.65. The van der Waals surface area contributed by atoms with Crippen LogP contribution in [0.5, 0.6) is 0 Å². The maximum atomic E-state index is 13.3. The Morgan fingerprint density at radius 3 is 2.76 bits per heavy atom. The minimum absolute atomic E-state index is 0.292. The number of hydroxylamine groups is 2. The molecule has 5 nitrogen and oxygen atoms in total. The zero-order chi connectivity index (χ0) is 18.7. The lowest BCUT2D eigenvalue weighted by Crippen LogP contribution is -2.52. The van der Waals surface area contributed by atoms with Gasteiger partial charge in [0.2, 0.25) is 5.95 Å². The number of halogens is 1. The summed E-state index contributed by atoms with van der Waals surface area (Å²) < 4.78 is 13.3. The van der Waals surface area contributed by atoms with Gasteiger partial charge in [-0.3, -0.25) is 0 Å². The number of hydrogen-bond acceptors (Lipinski definition) is 4. The fourth-order valence-electron chi connectivity index (χ4n) is 3.86. The van der Waals surface area contributed by atoms with E-state index in [4.69, 9.17) is 6.57 Å². The first-order chi connectivity index (χ1) is 11.6. The molecular weight excluding hydrogens is 319 g/mol. The van der Waals surface area contributed by atoms with E-state index in [9.17, 15) is 9.60 Å². The standard InChI is InChI=1S/C19H27FN4O/c1-18(2)10-9-14(13-19(3,4)24(18)25)11-16(23-21-5)12-15-7-6-8-17(20)22-15/h6-8,14,25H,9-13H2,1-4H3/b23-16-. The molecule has 0 amide bonds. The van der Waals surface area contributed by atoms with E-state index < -0.39 is 5.95 Å². The SMILES string of the molecule is [C-]#[N+]/N=C(\Cc1cccc(F)n1)CC1CCC(C)(C)N(O)C(C)(C)C1. The van der Waals surface area contributed by atoms with Crippen molar-refractivity contribution in [2.75, 3.05) is 0 Å². The Morgan fingerprint density at radius 1 is 1.40 bits per heavy atom. The lowest BCUT2D eigenvalue weighted by Gasteiger charge is -2.42. The monoisotopic (exact) mass is 346 g/mol. The van der Waals surface area contributed by atoms with Crippen LogP contribution in [0.25, 0.3) is 4.95 Å². The second-order valence-corrected chi connectivity index (χ2v) is 8.14. The maximum Gasteiger partial charge on any atom is 0.213 e. The summed E-state index contributed by atoms with van der Waals surface area (Å²) in [6.45, 7) is 15.2. The second kappa shape index (κ2) is 7.59. The van der Waals surface area contributed by atoms with Gasteiger partial charge in [-0.05, 0) is 71.4 Å². The van der Waals surface area contributed by atoms with Crippen molar-refractivity contribution in [1.29, 1.82) is 0 Å². The number of nitrogens with zero attached hydrogens (tertiary/aromatic N) is 4. The summed E-state index contributed by atoms with van der Waals surface area (Å²) >= 11 is 0. The average molecular weight is 346 g/mol. The summed E-state index contributed by atoms with van der Waals surface area (Å²) in [5.41, 5.74) is 0.655. The quantitative estimate of drug-likeness (QED) is 0.378. The molecule has 0 spiro atoms. The van der Waals surface area contributed by atoms with Crippen LogP contribution in [0.1, 0.15) is 59.1 Å². The molecule has 1 N–H and O–H groups in total. The predicted molar refractivity (Wildman–Crippen MR) is 95.7 cm³/mol. The Hall–Kier alpha value is -1.84. The van der Waals surface area contributed by atoms with Gasteiger partial charge < -0.3 is 5.21 Å². The number of hydrogen-bond donors (Lipinski definition) is 1. The Bertz CT molecular complexity index is 678. The summed E-state index contributed by atoms with van der Waals surface area (Å²) in [6, 6.07) is 4.67. The molecule has 6 heteroatoms. The molecule has 1 fully saturated rings. The van der Waals surface area contributed by atoms with Crippen molar-refractivity contribution in [2.24, 2.45) is 11.0 Å². The Labute approximate surface area is 149 Å². The van der Waals surface area contributed by atoms with Crippen LogP contribution in [0.2, 0.25) is 0 Å². The molecule has 2 rings (SSSR count). The zero-order valence-corrected chi connectivity index (χ0v) is 15.5. The minimum atomic E-state index is -0.520. The van der Waals surface area contributed by atoms with E-state index in [-0.39, 0.29) is 11.1 Å². The van der Waals surface area contributed by atoms with E-state index in [0.717, 1.165) is 25.0 Å². The number of aromatic nitrogens is 1. The smallest absolute Gasteiger partial charge is 0.213 e. The van der Waals surface area contributed by atoms with Crippen molar-refractivity contribution >= 4 is 5.71 Å². The van der Waals surface area contributed by atoms with Gasteiger partial charge in [0, 0.05) is 23.2 Å². The largest absolute Gasteiger partial charge is 0.313 e. The minimum Gasteiger partial charge on any atom is -0.313 e. The first-order valence-electron chi connectivity index (χ1n) is 8.67. The van der Waals surface area contributed by atoms with Crippen molar-refractivity contribution < 1.29 is 9.60 Å². The number of pyridine rings is 1. The van der Waals surface area contributed by atoms with Gasteiger partial charge in [-0.15, -0.1) is 4.95 Å². The normalized spacial score (nSPS) is 23.7. The highest BCUT2D eigenvalue weighted by Crippen LogP contribution is 2.39. The zero-order valence-electron chi connectivity index (χ0n) is 15.5. The molecule has 25 heavy (non-hydrogen) atoms. The lowest BCUT2D eigenvalue weighted by atomic mass is 9.85. The molecule has 1 aliphatic rings. The van der Waals surface area contributed by atoms with Crippen molar-refractivity contribution in [3.8, 4) is 0 Å². The third-order valence-corrected chi connectivity index (χ3v) is 4.97. The molecule has 1 saturated heterocycles. The predicted octanol–water partition coefficient (Wildman–Crippen LogP) is 4.48. The van der Waals surface area contributed by atoms with E-state index in [2.05, 4.69) is 15.0 Å². The van der Waals surface area contributed by atoms with E-state index >= 15 is 0 Å². The van der Waals surface area contributed by atoms with Gasteiger partial charge in [-0.2, -0.15) is 16.0 Å². The molecule has 0 bridgehead atoms. The molecule has 1 atom stereocenters. The molecular formula is C19H27FN4O. The summed E-state index contributed by atoms with van der Waals surface area (Å²) in [4.78, 5) is 7.05. The molecule has 0 aromatic carbocycles. The molecule has 1 aliphatic heterocycles. The highest BCUT2D eigenvalue weighted by molar-refractivity contribution is 5.86. The molecule has 0 aliphatic carbocycles. The van der Waals surface area contributed by atoms with E-state index in [0.29, 0.717) is 24.5 Å². The molecule has 1 unspecified atom stereocenters. The highest BCUT2D eigenvalue weighted by Gasteiger charge is 2.42. The fourth-order valence-corrected chi connectivity index (χ4v) is 3.86. The Morgan fingerprint density at radius 2 is 2.12 bits per heavy atom. The number of rotatable bonds is 4. The Kier molecular flexibility index (Phi) is 5.91. The molecule has 1 aromatic heterocycles. The van der Waals surface area contributed by atoms with E-state index in [1.165, 1.54) is 11.1 Å².